The van der Waals surface area contributed by atoms with Gasteiger partial charge in [-0.05, 0) is 6.42 Å². The van der Waals surface area contributed by atoms with Gasteiger partial charge in [-0.2, -0.15) is 0 Å². The molecule has 1 aromatic heterocycles. The molecule has 0 spiro atoms. The maximum absolute atomic E-state index is 5.86. The highest BCUT2D eigenvalue weighted by Gasteiger charge is 2.51. The zero-order valence-corrected chi connectivity index (χ0v) is 8.59. The fourth-order valence-corrected chi connectivity index (χ4v) is 2.08. The van der Waals surface area contributed by atoms with Gasteiger partial charge in [-0.25, -0.2) is 4.98 Å². The average Bonchev–Trinajstić information content (AvgIpc) is 2.54. The van der Waals surface area contributed by atoms with E-state index >= 15 is 0 Å². The standard InChI is InChI=1S/C7H8Cl2N2S/c8-7(9)3-5(7)4-11-6-10-1-2-12-6/h1-2,5H,3-4H2,(H,10,11). The molecule has 0 bridgehead atoms. The van der Waals surface area contributed by atoms with Crippen molar-refractivity contribution in [3.63, 3.8) is 0 Å². The average molecular weight is 223 g/mol. The maximum Gasteiger partial charge on any atom is 0.182 e. The number of nitrogens with zero attached hydrogens (tertiary/aromatic N) is 1. The maximum atomic E-state index is 5.86. The Bertz CT molecular complexity index is 260. The summed E-state index contributed by atoms with van der Waals surface area (Å²) in [4.78, 5) is 4.08. The van der Waals surface area contributed by atoms with Crippen LogP contribution in [0.4, 0.5) is 5.13 Å². The summed E-state index contributed by atoms with van der Waals surface area (Å²) in [6.07, 6.45) is 2.66. The minimum Gasteiger partial charge on any atom is -0.361 e. The number of nitrogens with one attached hydrogen (secondary N) is 1. The molecule has 1 aliphatic carbocycles. The monoisotopic (exact) mass is 222 g/mol. The molecule has 12 heavy (non-hydrogen) atoms. The second-order valence-electron chi connectivity index (χ2n) is 2.88. The Kier molecular flexibility index (Phi) is 2.19. The van der Waals surface area contributed by atoms with E-state index in [2.05, 4.69) is 10.3 Å². The molecule has 1 saturated carbocycles. The van der Waals surface area contributed by atoms with Gasteiger partial charge in [0.2, 0.25) is 0 Å². The summed E-state index contributed by atoms with van der Waals surface area (Å²) in [6, 6.07) is 0. The molecule has 5 heteroatoms. The molecule has 1 N–H and O–H groups in total. The van der Waals surface area contributed by atoms with Crippen molar-refractivity contribution in [2.24, 2.45) is 5.92 Å². The topological polar surface area (TPSA) is 24.9 Å². The molecule has 1 unspecified atom stereocenters. The van der Waals surface area contributed by atoms with Gasteiger partial charge in [0.15, 0.2) is 5.13 Å². The van der Waals surface area contributed by atoms with Crippen LogP contribution in [0, 0.1) is 5.92 Å². The number of hydrogen-bond donors (Lipinski definition) is 1. The van der Waals surface area contributed by atoms with Crippen molar-refractivity contribution in [3.05, 3.63) is 11.6 Å². The summed E-state index contributed by atoms with van der Waals surface area (Å²) in [5.74, 6) is 0.379. The van der Waals surface area contributed by atoms with Gasteiger partial charge < -0.3 is 5.32 Å². The van der Waals surface area contributed by atoms with E-state index in [9.17, 15) is 0 Å². The van der Waals surface area contributed by atoms with Crippen molar-refractivity contribution >= 4 is 39.7 Å². The molecule has 0 radical (unpaired) electrons. The Morgan fingerprint density at radius 3 is 3.00 bits per heavy atom. The van der Waals surface area contributed by atoms with Crippen molar-refractivity contribution in [2.45, 2.75) is 10.8 Å². The van der Waals surface area contributed by atoms with Gasteiger partial charge in [-0.15, -0.1) is 34.5 Å². The third kappa shape index (κ3) is 1.84. The molecular weight excluding hydrogens is 215 g/mol. The van der Waals surface area contributed by atoms with Gasteiger partial charge in [0.1, 0.15) is 4.33 Å². The summed E-state index contributed by atoms with van der Waals surface area (Å²) >= 11 is 13.3. The quantitative estimate of drug-likeness (QED) is 0.797. The summed E-state index contributed by atoms with van der Waals surface area (Å²) < 4.78 is -0.482. The van der Waals surface area contributed by atoms with Crippen molar-refractivity contribution in [1.29, 1.82) is 0 Å². The summed E-state index contributed by atoms with van der Waals surface area (Å²) in [7, 11) is 0. The number of aromatic nitrogens is 1. The fraction of sp³-hybridized carbons (Fsp3) is 0.571. The third-order valence-corrected chi connectivity index (χ3v) is 3.54. The number of thiazole rings is 1. The Hall–Kier alpha value is 0.01000. The lowest BCUT2D eigenvalue weighted by atomic mass is 10.4. The van der Waals surface area contributed by atoms with Crippen LogP contribution < -0.4 is 5.32 Å². The number of anilines is 1. The van der Waals surface area contributed by atoms with E-state index in [1.165, 1.54) is 0 Å². The minimum atomic E-state index is -0.482. The first kappa shape index (κ1) is 8.60. The molecule has 0 aliphatic heterocycles. The Morgan fingerprint density at radius 2 is 2.50 bits per heavy atom. The van der Waals surface area contributed by atoms with E-state index in [4.69, 9.17) is 23.2 Å². The summed E-state index contributed by atoms with van der Waals surface area (Å²) in [6.45, 7) is 0.820. The lowest BCUT2D eigenvalue weighted by Gasteiger charge is -2.00. The van der Waals surface area contributed by atoms with Crippen LogP contribution in [-0.2, 0) is 0 Å². The van der Waals surface area contributed by atoms with E-state index in [1.807, 2.05) is 5.38 Å². The molecule has 1 aromatic rings. The zero-order valence-electron chi connectivity index (χ0n) is 6.26. The minimum absolute atomic E-state index is 0.379. The lowest BCUT2D eigenvalue weighted by molar-refractivity contribution is 0.873. The van der Waals surface area contributed by atoms with Crippen LogP contribution in [0.3, 0.4) is 0 Å². The van der Waals surface area contributed by atoms with E-state index in [1.54, 1.807) is 17.5 Å². The van der Waals surface area contributed by atoms with Crippen molar-refractivity contribution in [2.75, 3.05) is 11.9 Å². The van der Waals surface area contributed by atoms with E-state index in [0.29, 0.717) is 5.92 Å². The van der Waals surface area contributed by atoms with Gasteiger partial charge in [0.05, 0.1) is 0 Å². The summed E-state index contributed by atoms with van der Waals surface area (Å²) in [5.41, 5.74) is 0. The van der Waals surface area contributed by atoms with E-state index in [0.717, 1.165) is 18.1 Å². The molecule has 1 atom stereocenters. The lowest BCUT2D eigenvalue weighted by Crippen LogP contribution is -2.06. The largest absolute Gasteiger partial charge is 0.361 e. The highest BCUT2D eigenvalue weighted by Crippen LogP contribution is 2.52. The first-order chi connectivity index (χ1) is 5.68. The highest BCUT2D eigenvalue weighted by molar-refractivity contribution is 7.13. The molecule has 1 heterocycles. The van der Waals surface area contributed by atoms with Gasteiger partial charge in [0.25, 0.3) is 0 Å². The zero-order chi connectivity index (χ0) is 8.60. The first-order valence-electron chi connectivity index (χ1n) is 3.70. The molecule has 0 amide bonds. The van der Waals surface area contributed by atoms with Crippen LogP contribution in [0.5, 0.6) is 0 Å². The van der Waals surface area contributed by atoms with Gasteiger partial charge >= 0.3 is 0 Å². The van der Waals surface area contributed by atoms with Crippen LogP contribution in [0.15, 0.2) is 11.6 Å². The number of hydrogen-bond acceptors (Lipinski definition) is 3. The van der Waals surface area contributed by atoms with Gasteiger partial charge in [-0.3, -0.25) is 0 Å². The second kappa shape index (κ2) is 3.05. The Labute approximate surface area is 84.9 Å². The van der Waals surface area contributed by atoms with Crippen LogP contribution in [0.1, 0.15) is 6.42 Å². The number of alkyl halides is 2. The first-order valence-corrected chi connectivity index (χ1v) is 5.33. The summed E-state index contributed by atoms with van der Waals surface area (Å²) in [5, 5.41) is 6.05. The molecule has 66 valence electrons. The predicted octanol–water partition coefficient (Wildman–Crippen LogP) is 2.75. The highest BCUT2D eigenvalue weighted by atomic mass is 35.5. The van der Waals surface area contributed by atoms with Gasteiger partial charge in [0, 0.05) is 24.0 Å². The van der Waals surface area contributed by atoms with E-state index in [-0.39, 0.29) is 0 Å². The number of rotatable bonds is 3. The molecule has 2 nitrogen and oxygen atoms in total. The molecular formula is C7H8Cl2N2S. The van der Waals surface area contributed by atoms with Crippen molar-refractivity contribution in [1.82, 2.24) is 4.98 Å². The predicted molar refractivity (Wildman–Crippen MR) is 53.1 cm³/mol. The van der Waals surface area contributed by atoms with Crippen LogP contribution in [0.25, 0.3) is 0 Å². The molecule has 0 saturated heterocycles. The van der Waals surface area contributed by atoms with Crippen LogP contribution in [-0.4, -0.2) is 15.9 Å². The van der Waals surface area contributed by atoms with Gasteiger partial charge in [-0.1, -0.05) is 0 Å². The normalized spacial score (nSPS) is 25.3. The number of halogens is 2. The van der Waals surface area contributed by atoms with E-state index < -0.39 is 4.33 Å². The molecule has 1 fully saturated rings. The molecule has 0 aromatic carbocycles. The van der Waals surface area contributed by atoms with Crippen molar-refractivity contribution in [3.8, 4) is 0 Å². The fourth-order valence-electron chi connectivity index (χ4n) is 1.01. The Balaban J connectivity index is 1.78. The van der Waals surface area contributed by atoms with Crippen LogP contribution in [0.2, 0.25) is 0 Å². The second-order valence-corrected chi connectivity index (χ2v) is 5.32. The molecule has 2 rings (SSSR count). The smallest absolute Gasteiger partial charge is 0.182 e. The molecule has 1 aliphatic rings. The van der Waals surface area contributed by atoms with Crippen LogP contribution >= 0.6 is 34.5 Å². The SMILES string of the molecule is ClC1(Cl)CC1CNc1nccs1. The van der Waals surface area contributed by atoms with Crippen molar-refractivity contribution < 1.29 is 0 Å². The third-order valence-electron chi connectivity index (χ3n) is 1.89. The Morgan fingerprint density at radius 1 is 1.75 bits per heavy atom.